The van der Waals surface area contributed by atoms with Crippen LogP contribution in [0.2, 0.25) is 0 Å². The number of carbonyl (C=O) groups excluding carboxylic acids is 3. The largest absolute Gasteiger partial charge is 0.497 e. The number of esters is 1. The maximum Gasteiger partial charge on any atom is 0.331 e. The molecule has 0 atom stereocenters. The summed E-state index contributed by atoms with van der Waals surface area (Å²) in [4.78, 5) is 36.0. The molecule has 0 aliphatic carbocycles. The Morgan fingerprint density at radius 2 is 1.52 bits per heavy atom. The van der Waals surface area contributed by atoms with E-state index in [1.165, 1.54) is 26.4 Å². The van der Waals surface area contributed by atoms with Crippen molar-refractivity contribution in [2.45, 2.75) is 26.2 Å². The van der Waals surface area contributed by atoms with Crippen LogP contribution >= 0.6 is 0 Å². The topological polar surface area (TPSA) is 90.9 Å². The van der Waals surface area contributed by atoms with Gasteiger partial charge >= 0.3 is 5.97 Å². The van der Waals surface area contributed by atoms with Crippen molar-refractivity contribution in [1.82, 2.24) is 5.32 Å². The third-order valence-electron chi connectivity index (χ3n) is 4.40. The smallest absolute Gasteiger partial charge is 0.331 e. The Morgan fingerprint density at radius 1 is 0.935 bits per heavy atom. The Morgan fingerprint density at radius 3 is 2.03 bits per heavy atom. The van der Waals surface area contributed by atoms with Crippen LogP contribution in [0.25, 0.3) is 6.08 Å². The van der Waals surface area contributed by atoms with Gasteiger partial charge in [0.05, 0.1) is 14.2 Å². The molecular formula is C24H27NO6. The molecule has 0 fully saturated rings. The van der Waals surface area contributed by atoms with Crippen molar-refractivity contribution in [2.75, 3.05) is 20.8 Å². The SMILES string of the molecule is COc1cc(/C=C/C(=O)OCC(=O)NC(=O)c2ccc(C(C)(C)C)cc2)cc(OC)c1. The van der Waals surface area contributed by atoms with E-state index >= 15 is 0 Å². The lowest BCUT2D eigenvalue weighted by Gasteiger charge is -2.18. The molecule has 7 heteroatoms. The van der Waals surface area contributed by atoms with Crippen LogP contribution < -0.4 is 14.8 Å². The number of hydrogen-bond donors (Lipinski definition) is 1. The zero-order valence-electron chi connectivity index (χ0n) is 18.4. The number of ether oxygens (including phenoxy) is 3. The van der Waals surface area contributed by atoms with Gasteiger partial charge in [-0.2, -0.15) is 0 Å². The predicted octanol–water partition coefficient (Wildman–Crippen LogP) is 3.51. The predicted molar refractivity (Wildman–Crippen MR) is 117 cm³/mol. The lowest BCUT2D eigenvalue weighted by molar-refractivity contribution is -0.143. The summed E-state index contributed by atoms with van der Waals surface area (Å²) in [6.45, 7) is 5.63. The van der Waals surface area contributed by atoms with Crippen LogP contribution in [-0.2, 0) is 19.7 Å². The molecule has 2 amide bonds. The number of nitrogens with one attached hydrogen (secondary N) is 1. The monoisotopic (exact) mass is 425 g/mol. The molecule has 164 valence electrons. The van der Waals surface area contributed by atoms with Crippen molar-refractivity contribution in [1.29, 1.82) is 0 Å². The Balaban J connectivity index is 1.87. The molecule has 7 nitrogen and oxygen atoms in total. The molecule has 0 saturated carbocycles. The molecule has 0 saturated heterocycles. The Bertz CT molecular complexity index is 948. The van der Waals surface area contributed by atoms with Gasteiger partial charge in [-0.15, -0.1) is 0 Å². The van der Waals surface area contributed by atoms with Gasteiger partial charge in [-0.05, 0) is 46.9 Å². The van der Waals surface area contributed by atoms with E-state index in [1.807, 2.05) is 12.1 Å². The number of hydrogen-bond acceptors (Lipinski definition) is 6. The van der Waals surface area contributed by atoms with Crippen LogP contribution in [0, 0.1) is 0 Å². The maximum atomic E-state index is 12.2. The highest BCUT2D eigenvalue weighted by molar-refractivity contribution is 6.05. The minimum Gasteiger partial charge on any atom is -0.497 e. The molecule has 0 unspecified atom stereocenters. The average molecular weight is 425 g/mol. The van der Waals surface area contributed by atoms with E-state index < -0.39 is 24.4 Å². The number of amides is 2. The first-order valence-corrected chi connectivity index (χ1v) is 9.65. The zero-order valence-corrected chi connectivity index (χ0v) is 18.4. The Kier molecular flexibility index (Phi) is 7.96. The summed E-state index contributed by atoms with van der Waals surface area (Å²) in [7, 11) is 3.05. The average Bonchev–Trinajstić information content (AvgIpc) is 2.75. The van der Waals surface area contributed by atoms with Crippen LogP contribution in [0.4, 0.5) is 0 Å². The second-order valence-corrected chi connectivity index (χ2v) is 7.79. The molecule has 0 heterocycles. The molecule has 0 bridgehead atoms. The highest BCUT2D eigenvalue weighted by atomic mass is 16.5. The van der Waals surface area contributed by atoms with E-state index in [4.69, 9.17) is 14.2 Å². The molecule has 1 N–H and O–H groups in total. The number of methoxy groups -OCH3 is 2. The molecule has 2 aromatic rings. The number of carbonyl (C=O) groups is 3. The third-order valence-corrected chi connectivity index (χ3v) is 4.40. The van der Waals surface area contributed by atoms with Crippen molar-refractivity contribution >= 4 is 23.9 Å². The van der Waals surface area contributed by atoms with Gasteiger partial charge in [-0.25, -0.2) is 4.79 Å². The first-order valence-electron chi connectivity index (χ1n) is 9.65. The number of imide groups is 1. The summed E-state index contributed by atoms with van der Waals surface area (Å²) >= 11 is 0. The van der Waals surface area contributed by atoms with E-state index in [0.29, 0.717) is 22.6 Å². The van der Waals surface area contributed by atoms with Crippen molar-refractivity contribution in [3.63, 3.8) is 0 Å². The van der Waals surface area contributed by atoms with E-state index in [1.54, 1.807) is 30.3 Å². The van der Waals surface area contributed by atoms with Gasteiger partial charge in [-0.1, -0.05) is 32.9 Å². The fourth-order valence-corrected chi connectivity index (χ4v) is 2.63. The second-order valence-electron chi connectivity index (χ2n) is 7.79. The van der Waals surface area contributed by atoms with Crippen molar-refractivity contribution < 1.29 is 28.6 Å². The second kappa shape index (κ2) is 10.4. The van der Waals surface area contributed by atoms with Gasteiger partial charge in [0.1, 0.15) is 11.5 Å². The standard InChI is InChI=1S/C24H27NO6/c1-24(2,3)18-9-7-17(8-10-18)23(28)25-21(26)15-31-22(27)11-6-16-12-19(29-4)14-20(13-16)30-5/h6-14H,15H2,1-5H3,(H,25,26,28)/b11-6+. The third kappa shape index (κ3) is 7.29. The molecule has 31 heavy (non-hydrogen) atoms. The Labute approximate surface area is 182 Å². The Hall–Kier alpha value is -3.61. The van der Waals surface area contributed by atoms with E-state index in [-0.39, 0.29) is 5.41 Å². The van der Waals surface area contributed by atoms with Crippen LogP contribution in [-0.4, -0.2) is 38.6 Å². The van der Waals surface area contributed by atoms with Gasteiger partial charge in [-0.3, -0.25) is 14.9 Å². The molecule has 0 spiro atoms. The van der Waals surface area contributed by atoms with E-state index in [0.717, 1.165) is 5.56 Å². The molecule has 0 aromatic heterocycles. The van der Waals surface area contributed by atoms with Gasteiger partial charge in [0.25, 0.3) is 11.8 Å². The van der Waals surface area contributed by atoms with Crippen LogP contribution in [0.15, 0.2) is 48.5 Å². The molecule has 2 aromatic carbocycles. The molecule has 0 radical (unpaired) electrons. The fourth-order valence-electron chi connectivity index (χ4n) is 2.63. The first-order chi connectivity index (χ1) is 14.6. The van der Waals surface area contributed by atoms with Gasteiger partial charge in [0, 0.05) is 17.7 Å². The van der Waals surface area contributed by atoms with Crippen molar-refractivity contribution in [3.05, 3.63) is 65.2 Å². The van der Waals surface area contributed by atoms with E-state index in [2.05, 4.69) is 26.1 Å². The summed E-state index contributed by atoms with van der Waals surface area (Å²) in [6.07, 6.45) is 2.68. The maximum absolute atomic E-state index is 12.2. The summed E-state index contributed by atoms with van der Waals surface area (Å²) in [5, 5.41) is 2.20. The summed E-state index contributed by atoms with van der Waals surface area (Å²) in [5.41, 5.74) is 2.04. The van der Waals surface area contributed by atoms with Crippen molar-refractivity contribution in [3.8, 4) is 11.5 Å². The lowest BCUT2D eigenvalue weighted by atomic mass is 9.87. The highest BCUT2D eigenvalue weighted by Crippen LogP contribution is 2.23. The highest BCUT2D eigenvalue weighted by Gasteiger charge is 2.16. The number of benzene rings is 2. The summed E-state index contributed by atoms with van der Waals surface area (Å²) in [6, 6.07) is 12.1. The molecule has 0 aliphatic rings. The minimum absolute atomic E-state index is 0.0391. The van der Waals surface area contributed by atoms with Crippen molar-refractivity contribution in [2.24, 2.45) is 0 Å². The molecule has 2 rings (SSSR count). The van der Waals surface area contributed by atoms with Gasteiger partial charge in [0.15, 0.2) is 6.61 Å². The van der Waals surface area contributed by atoms with Gasteiger partial charge in [0.2, 0.25) is 0 Å². The van der Waals surface area contributed by atoms with Crippen LogP contribution in [0.3, 0.4) is 0 Å². The lowest BCUT2D eigenvalue weighted by Crippen LogP contribution is -2.34. The van der Waals surface area contributed by atoms with Crippen LogP contribution in [0.1, 0.15) is 42.3 Å². The minimum atomic E-state index is -0.723. The summed E-state index contributed by atoms with van der Waals surface area (Å²) < 4.78 is 15.2. The zero-order chi connectivity index (χ0) is 23.0. The quantitative estimate of drug-likeness (QED) is 0.539. The summed E-state index contributed by atoms with van der Waals surface area (Å²) in [5.74, 6) is -0.851. The first kappa shape index (κ1) is 23.7. The van der Waals surface area contributed by atoms with E-state index in [9.17, 15) is 14.4 Å². The normalized spacial score (nSPS) is 11.1. The number of rotatable bonds is 7. The molecular weight excluding hydrogens is 398 g/mol. The van der Waals surface area contributed by atoms with Crippen LogP contribution in [0.5, 0.6) is 11.5 Å². The fraction of sp³-hybridized carbons (Fsp3) is 0.292. The molecule has 0 aliphatic heterocycles. The van der Waals surface area contributed by atoms with Gasteiger partial charge < -0.3 is 14.2 Å².